The minimum absolute atomic E-state index is 0.125. The van der Waals surface area contributed by atoms with Crippen molar-refractivity contribution in [3.05, 3.63) is 54.2 Å². The Balaban J connectivity index is 1.53. The minimum atomic E-state index is -0.363. The predicted octanol–water partition coefficient (Wildman–Crippen LogP) is 3.81. The summed E-state index contributed by atoms with van der Waals surface area (Å²) in [4.78, 5) is 12.1. The summed E-state index contributed by atoms with van der Waals surface area (Å²) in [6, 6.07) is 9.89. The Morgan fingerprint density at radius 2 is 2.16 bits per heavy atom. The van der Waals surface area contributed by atoms with Crippen LogP contribution in [0, 0.1) is 5.82 Å². The highest BCUT2D eigenvalue weighted by atomic mass is 32.2. The molecule has 0 fully saturated rings. The lowest BCUT2D eigenvalue weighted by Gasteiger charge is -2.08. The molecule has 1 unspecified atom stereocenters. The Morgan fingerprint density at radius 1 is 1.32 bits per heavy atom. The van der Waals surface area contributed by atoms with Gasteiger partial charge in [-0.05, 0) is 31.2 Å². The summed E-state index contributed by atoms with van der Waals surface area (Å²) in [7, 11) is 0. The zero-order chi connectivity index (χ0) is 17.6. The molecule has 2 heterocycles. The van der Waals surface area contributed by atoms with Crippen molar-refractivity contribution in [3.63, 3.8) is 0 Å². The van der Waals surface area contributed by atoms with Gasteiger partial charge in [-0.3, -0.25) is 4.79 Å². The second-order valence-electron chi connectivity index (χ2n) is 5.04. The molecule has 0 aliphatic heterocycles. The first kappa shape index (κ1) is 17.4. The fraction of sp³-hybridized carbons (Fsp3) is 0.188. The molecule has 25 heavy (non-hydrogen) atoms. The number of furan rings is 1. The monoisotopic (exact) mass is 378 g/mol. The van der Waals surface area contributed by atoms with Crippen LogP contribution in [0.3, 0.4) is 0 Å². The molecule has 1 aromatic carbocycles. The van der Waals surface area contributed by atoms with E-state index in [-0.39, 0.29) is 17.0 Å². The molecule has 1 amide bonds. The maximum atomic E-state index is 13.6. The van der Waals surface area contributed by atoms with Crippen LogP contribution >= 0.6 is 23.1 Å². The summed E-state index contributed by atoms with van der Waals surface area (Å²) < 4.78 is 19.4. The number of aromatic nitrogens is 2. The molecule has 9 heteroatoms. The van der Waals surface area contributed by atoms with E-state index < -0.39 is 0 Å². The lowest BCUT2D eigenvalue weighted by atomic mass is 10.3. The van der Waals surface area contributed by atoms with E-state index in [2.05, 4.69) is 20.8 Å². The fourth-order valence-electron chi connectivity index (χ4n) is 1.92. The molecule has 0 spiro atoms. The van der Waals surface area contributed by atoms with Gasteiger partial charge in [0.1, 0.15) is 11.6 Å². The topological polar surface area (TPSA) is 80.0 Å². The van der Waals surface area contributed by atoms with Gasteiger partial charge in [0.2, 0.25) is 11.0 Å². The smallest absolute Gasteiger partial charge is 0.233 e. The van der Waals surface area contributed by atoms with Crippen molar-refractivity contribution in [2.24, 2.45) is 0 Å². The largest absolute Gasteiger partial charge is 0.467 e. The average Bonchev–Trinajstić information content (AvgIpc) is 3.27. The molecular weight excluding hydrogens is 363 g/mol. The van der Waals surface area contributed by atoms with Gasteiger partial charge in [0, 0.05) is 0 Å². The highest BCUT2D eigenvalue weighted by Gasteiger charge is 2.17. The summed E-state index contributed by atoms with van der Waals surface area (Å²) in [5.74, 6) is 0.204. The van der Waals surface area contributed by atoms with Crippen molar-refractivity contribution < 1.29 is 13.6 Å². The normalized spacial score (nSPS) is 11.9. The predicted molar refractivity (Wildman–Crippen MR) is 95.5 cm³/mol. The molecule has 0 aliphatic carbocycles. The standard InChI is InChI=1S/C16H15FN4O2S2/c1-10(14(22)18-9-11-5-4-8-23-11)24-16-21-20-15(25-16)19-13-7-3-2-6-12(13)17/h2-8,10H,9H2,1H3,(H,18,22)(H,19,20). The first-order valence-electron chi connectivity index (χ1n) is 7.43. The molecule has 130 valence electrons. The average molecular weight is 378 g/mol. The van der Waals surface area contributed by atoms with E-state index in [1.54, 1.807) is 43.5 Å². The zero-order valence-electron chi connectivity index (χ0n) is 13.2. The second-order valence-corrected chi connectivity index (χ2v) is 7.60. The van der Waals surface area contributed by atoms with Gasteiger partial charge in [0.15, 0.2) is 4.34 Å². The Kier molecular flexibility index (Phi) is 5.67. The van der Waals surface area contributed by atoms with E-state index in [1.807, 2.05) is 0 Å². The number of hydrogen-bond acceptors (Lipinski definition) is 7. The molecule has 6 nitrogen and oxygen atoms in total. The molecule has 2 aromatic heterocycles. The van der Waals surface area contributed by atoms with Crippen LogP contribution in [-0.2, 0) is 11.3 Å². The van der Waals surface area contributed by atoms with E-state index in [9.17, 15) is 9.18 Å². The SMILES string of the molecule is CC(Sc1nnc(Nc2ccccc2F)s1)C(=O)NCc1ccco1. The van der Waals surface area contributed by atoms with Gasteiger partial charge in [-0.1, -0.05) is 35.2 Å². The van der Waals surface area contributed by atoms with Crippen molar-refractivity contribution in [2.45, 2.75) is 23.1 Å². The molecule has 0 radical (unpaired) electrons. The summed E-state index contributed by atoms with van der Waals surface area (Å²) in [5, 5.41) is 13.8. The van der Waals surface area contributed by atoms with Gasteiger partial charge in [-0.15, -0.1) is 10.2 Å². The van der Waals surface area contributed by atoms with Gasteiger partial charge >= 0.3 is 0 Å². The first-order chi connectivity index (χ1) is 12.1. The summed E-state index contributed by atoms with van der Waals surface area (Å²) >= 11 is 2.56. The van der Waals surface area contributed by atoms with Crippen LogP contribution in [0.25, 0.3) is 0 Å². The Labute approximate surface area is 151 Å². The van der Waals surface area contributed by atoms with E-state index in [4.69, 9.17) is 4.42 Å². The Morgan fingerprint density at radius 3 is 2.92 bits per heavy atom. The summed E-state index contributed by atoms with van der Waals surface area (Å²) in [6.07, 6.45) is 1.56. The third kappa shape index (κ3) is 4.80. The summed E-state index contributed by atoms with van der Waals surface area (Å²) in [6.45, 7) is 2.13. The zero-order valence-corrected chi connectivity index (χ0v) is 14.9. The molecule has 0 saturated heterocycles. The maximum absolute atomic E-state index is 13.6. The lowest BCUT2D eigenvalue weighted by Crippen LogP contribution is -2.30. The van der Waals surface area contributed by atoms with Crippen molar-refractivity contribution in [2.75, 3.05) is 5.32 Å². The van der Waals surface area contributed by atoms with Crippen LogP contribution in [0.15, 0.2) is 51.4 Å². The van der Waals surface area contributed by atoms with E-state index in [0.29, 0.717) is 27.5 Å². The third-order valence-corrected chi connectivity index (χ3v) is 5.21. The second kappa shape index (κ2) is 8.13. The van der Waals surface area contributed by atoms with Gasteiger partial charge in [0.05, 0.1) is 23.7 Å². The third-order valence-electron chi connectivity index (χ3n) is 3.19. The number of carbonyl (C=O) groups excluding carboxylic acids is 1. The van der Waals surface area contributed by atoms with Crippen molar-refractivity contribution in [3.8, 4) is 0 Å². The molecule has 0 aliphatic rings. The van der Waals surface area contributed by atoms with Crippen LogP contribution < -0.4 is 10.6 Å². The number of rotatable bonds is 7. The van der Waals surface area contributed by atoms with E-state index in [0.717, 1.165) is 0 Å². The number of para-hydroxylation sites is 1. The minimum Gasteiger partial charge on any atom is -0.467 e. The van der Waals surface area contributed by atoms with Crippen LogP contribution in [-0.4, -0.2) is 21.4 Å². The Hall–Kier alpha value is -2.39. The molecular formula is C16H15FN4O2S2. The molecule has 2 N–H and O–H groups in total. The molecule has 1 atom stereocenters. The highest BCUT2D eigenvalue weighted by Crippen LogP contribution is 2.30. The number of hydrogen-bond donors (Lipinski definition) is 2. The van der Waals surface area contributed by atoms with Gasteiger partial charge < -0.3 is 15.1 Å². The number of anilines is 2. The first-order valence-corrected chi connectivity index (χ1v) is 9.13. The number of halogens is 1. The van der Waals surface area contributed by atoms with Gasteiger partial charge in [-0.2, -0.15) is 0 Å². The summed E-state index contributed by atoms with van der Waals surface area (Å²) in [5.41, 5.74) is 0.333. The van der Waals surface area contributed by atoms with Crippen molar-refractivity contribution in [1.29, 1.82) is 0 Å². The van der Waals surface area contributed by atoms with Crippen LogP contribution in [0.5, 0.6) is 0 Å². The highest BCUT2D eigenvalue weighted by molar-refractivity contribution is 8.02. The number of nitrogens with zero attached hydrogens (tertiary/aromatic N) is 2. The van der Waals surface area contributed by atoms with Crippen LogP contribution in [0.4, 0.5) is 15.2 Å². The fourth-order valence-corrected chi connectivity index (χ4v) is 3.85. The van der Waals surface area contributed by atoms with Crippen molar-refractivity contribution >= 4 is 39.8 Å². The molecule has 0 saturated carbocycles. The quantitative estimate of drug-likeness (QED) is 0.609. The molecule has 0 bridgehead atoms. The van der Waals surface area contributed by atoms with Crippen LogP contribution in [0.2, 0.25) is 0 Å². The number of carbonyl (C=O) groups is 1. The van der Waals surface area contributed by atoms with Crippen molar-refractivity contribution in [1.82, 2.24) is 15.5 Å². The van der Waals surface area contributed by atoms with E-state index in [1.165, 1.54) is 29.2 Å². The number of nitrogens with one attached hydrogen (secondary N) is 2. The van der Waals surface area contributed by atoms with Gasteiger partial charge in [0.25, 0.3) is 0 Å². The Bertz CT molecular complexity index is 838. The van der Waals surface area contributed by atoms with Crippen LogP contribution in [0.1, 0.15) is 12.7 Å². The molecule has 3 rings (SSSR count). The lowest BCUT2D eigenvalue weighted by molar-refractivity contribution is -0.120. The molecule has 3 aromatic rings. The maximum Gasteiger partial charge on any atom is 0.233 e. The number of benzene rings is 1. The number of thioether (sulfide) groups is 1. The van der Waals surface area contributed by atoms with Gasteiger partial charge in [-0.25, -0.2) is 4.39 Å². The number of amides is 1. The van der Waals surface area contributed by atoms with E-state index >= 15 is 0 Å².